The van der Waals surface area contributed by atoms with E-state index in [0.29, 0.717) is 5.02 Å². The molecule has 1 aliphatic carbocycles. The summed E-state index contributed by atoms with van der Waals surface area (Å²) in [5.41, 5.74) is 0.799. The maximum absolute atomic E-state index is 11.9. The summed E-state index contributed by atoms with van der Waals surface area (Å²) in [7, 11) is 0. The van der Waals surface area contributed by atoms with Crippen molar-refractivity contribution in [2.24, 2.45) is 5.92 Å². The molecule has 0 N–H and O–H groups in total. The molecule has 1 saturated carbocycles. The van der Waals surface area contributed by atoms with Crippen LogP contribution in [0.5, 0.6) is 0 Å². The van der Waals surface area contributed by atoms with E-state index in [4.69, 9.17) is 11.6 Å². The third kappa shape index (κ3) is 1.96. The maximum Gasteiger partial charge on any atom is 0.167 e. The van der Waals surface area contributed by atoms with Crippen LogP contribution in [0.2, 0.25) is 5.02 Å². The lowest BCUT2D eigenvalue weighted by atomic mass is 10.1. The van der Waals surface area contributed by atoms with Gasteiger partial charge in [-0.25, -0.2) is 0 Å². The second-order valence-electron chi connectivity index (χ2n) is 3.48. The lowest BCUT2D eigenvalue weighted by Crippen LogP contribution is -2.02. The van der Waals surface area contributed by atoms with Gasteiger partial charge in [0.05, 0.1) is 0 Å². The predicted molar refractivity (Wildman–Crippen MR) is 60.3 cm³/mol. The zero-order valence-electron chi connectivity index (χ0n) is 7.92. The van der Waals surface area contributed by atoms with Gasteiger partial charge in [-0.3, -0.25) is 4.79 Å². The van der Waals surface area contributed by atoms with Crippen molar-refractivity contribution >= 4 is 29.1 Å². The third-order valence-electron chi connectivity index (χ3n) is 2.38. The van der Waals surface area contributed by atoms with Crippen LogP contribution < -0.4 is 0 Å². The van der Waals surface area contributed by atoms with Crippen LogP contribution in [-0.4, -0.2) is 12.0 Å². The van der Waals surface area contributed by atoms with E-state index < -0.39 is 0 Å². The molecule has 0 saturated heterocycles. The van der Waals surface area contributed by atoms with Crippen LogP contribution in [-0.2, 0) is 0 Å². The largest absolute Gasteiger partial charge is 0.294 e. The summed E-state index contributed by atoms with van der Waals surface area (Å²) in [5.74, 6) is 0.524. The van der Waals surface area contributed by atoms with Gasteiger partial charge >= 0.3 is 0 Å². The third-order valence-corrected chi connectivity index (χ3v) is 3.41. The normalized spacial score (nSPS) is 15.6. The number of thioether (sulfide) groups is 1. The zero-order valence-corrected chi connectivity index (χ0v) is 9.49. The quantitative estimate of drug-likeness (QED) is 0.578. The standard InChI is InChI=1S/C11H11ClOS/c1-14-10-5-4-8(12)6-9(10)11(13)7-2-3-7/h4-7H,2-3H2,1H3. The highest BCUT2D eigenvalue weighted by molar-refractivity contribution is 7.98. The number of benzene rings is 1. The van der Waals surface area contributed by atoms with Gasteiger partial charge in [0.15, 0.2) is 5.78 Å². The fourth-order valence-electron chi connectivity index (χ4n) is 1.44. The number of ketones is 1. The smallest absolute Gasteiger partial charge is 0.167 e. The molecular formula is C11H11ClOS. The molecule has 0 aliphatic heterocycles. The topological polar surface area (TPSA) is 17.1 Å². The van der Waals surface area contributed by atoms with E-state index in [0.717, 1.165) is 23.3 Å². The van der Waals surface area contributed by atoms with Gasteiger partial charge in [0.2, 0.25) is 0 Å². The molecule has 3 heteroatoms. The molecule has 0 radical (unpaired) electrons. The lowest BCUT2D eigenvalue weighted by Gasteiger charge is -2.05. The molecule has 2 rings (SSSR count). The van der Waals surface area contributed by atoms with E-state index in [1.807, 2.05) is 18.4 Å². The van der Waals surface area contributed by atoms with Crippen molar-refractivity contribution in [2.45, 2.75) is 17.7 Å². The van der Waals surface area contributed by atoms with Crippen LogP contribution in [0.15, 0.2) is 23.1 Å². The van der Waals surface area contributed by atoms with Crippen molar-refractivity contribution in [1.29, 1.82) is 0 Å². The minimum atomic E-state index is 0.261. The molecule has 0 bridgehead atoms. The van der Waals surface area contributed by atoms with Gasteiger partial charge < -0.3 is 0 Å². The molecule has 0 unspecified atom stereocenters. The van der Waals surface area contributed by atoms with E-state index >= 15 is 0 Å². The Bertz CT molecular complexity index is 372. The van der Waals surface area contributed by atoms with Crippen molar-refractivity contribution in [1.82, 2.24) is 0 Å². The van der Waals surface area contributed by atoms with Gasteiger partial charge in [-0.05, 0) is 37.3 Å². The number of halogens is 1. The summed E-state index contributed by atoms with van der Waals surface area (Å²) >= 11 is 7.48. The summed E-state index contributed by atoms with van der Waals surface area (Å²) in [6.45, 7) is 0. The Labute approximate surface area is 92.8 Å². The van der Waals surface area contributed by atoms with Crippen LogP contribution in [0.4, 0.5) is 0 Å². The van der Waals surface area contributed by atoms with Crippen LogP contribution >= 0.6 is 23.4 Å². The van der Waals surface area contributed by atoms with Gasteiger partial charge in [0.1, 0.15) is 0 Å². The summed E-state index contributed by atoms with van der Waals surface area (Å²) < 4.78 is 0. The first kappa shape index (κ1) is 10.1. The number of hydrogen-bond donors (Lipinski definition) is 0. The summed E-state index contributed by atoms with van der Waals surface area (Å²) in [5, 5.41) is 0.645. The number of hydrogen-bond acceptors (Lipinski definition) is 2. The van der Waals surface area contributed by atoms with E-state index in [1.165, 1.54) is 0 Å². The summed E-state index contributed by atoms with van der Waals surface area (Å²) in [4.78, 5) is 12.9. The first-order chi connectivity index (χ1) is 6.72. The van der Waals surface area contributed by atoms with Crippen LogP contribution in [0.1, 0.15) is 23.2 Å². The second-order valence-corrected chi connectivity index (χ2v) is 4.77. The van der Waals surface area contributed by atoms with Crippen molar-refractivity contribution in [3.05, 3.63) is 28.8 Å². The van der Waals surface area contributed by atoms with Crippen molar-refractivity contribution in [3.8, 4) is 0 Å². The second kappa shape index (κ2) is 3.95. The molecule has 0 heterocycles. The number of carbonyl (C=O) groups is 1. The molecule has 0 aromatic heterocycles. The molecule has 1 aromatic carbocycles. The SMILES string of the molecule is CSc1ccc(Cl)cc1C(=O)C1CC1. The van der Waals surface area contributed by atoms with E-state index in [2.05, 4.69) is 0 Å². The van der Waals surface area contributed by atoms with E-state index in [-0.39, 0.29) is 11.7 Å². The highest BCUT2D eigenvalue weighted by Gasteiger charge is 2.31. The zero-order chi connectivity index (χ0) is 10.1. The van der Waals surface area contributed by atoms with Gasteiger partial charge in [-0.2, -0.15) is 0 Å². The summed E-state index contributed by atoms with van der Waals surface area (Å²) in [6.07, 6.45) is 4.06. The fourth-order valence-corrected chi connectivity index (χ4v) is 2.19. The number of carbonyl (C=O) groups excluding carboxylic acids is 1. The molecule has 1 fully saturated rings. The van der Waals surface area contributed by atoms with Crippen LogP contribution in [0.3, 0.4) is 0 Å². The first-order valence-electron chi connectivity index (χ1n) is 4.60. The van der Waals surface area contributed by atoms with E-state index in [1.54, 1.807) is 17.8 Å². The Morgan fingerprint density at radius 3 is 2.79 bits per heavy atom. The Morgan fingerprint density at radius 2 is 2.21 bits per heavy atom. The summed E-state index contributed by atoms with van der Waals surface area (Å²) in [6, 6.07) is 5.54. The Balaban J connectivity index is 2.37. The van der Waals surface area contributed by atoms with Crippen LogP contribution in [0.25, 0.3) is 0 Å². The fraction of sp³-hybridized carbons (Fsp3) is 0.364. The molecule has 0 atom stereocenters. The minimum absolute atomic E-state index is 0.261. The Hall–Kier alpha value is -0.470. The Kier molecular flexibility index (Phi) is 2.84. The molecule has 1 nitrogen and oxygen atoms in total. The molecule has 1 aromatic rings. The van der Waals surface area contributed by atoms with Crippen molar-refractivity contribution in [3.63, 3.8) is 0 Å². The first-order valence-corrected chi connectivity index (χ1v) is 6.20. The molecule has 0 spiro atoms. The number of rotatable bonds is 3. The van der Waals surface area contributed by atoms with Crippen LogP contribution in [0, 0.1) is 5.92 Å². The highest BCUT2D eigenvalue weighted by atomic mass is 35.5. The van der Waals surface area contributed by atoms with Crippen molar-refractivity contribution < 1.29 is 4.79 Å². The van der Waals surface area contributed by atoms with Gasteiger partial charge in [0, 0.05) is 21.4 Å². The maximum atomic E-state index is 11.9. The Morgan fingerprint density at radius 1 is 1.50 bits per heavy atom. The minimum Gasteiger partial charge on any atom is -0.294 e. The highest BCUT2D eigenvalue weighted by Crippen LogP contribution is 2.35. The molecular weight excluding hydrogens is 216 g/mol. The predicted octanol–water partition coefficient (Wildman–Crippen LogP) is 3.65. The van der Waals surface area contributed by atoms with Gasteiger partial charge in [-0.1, -0.05) is 11.6 Å². The van der Waals surface area contributed by atoms with Gasteiger partial charge in [-0.15, -0.1) is 11.8 Å². The van der Waals surface area contributed by atoms with Crippen molar-refractivity contribution in [2.75, 3.05) is 6.26 Å². The average molecular weight is 227 g/mol. The number of Topliss-reactive ketones (excluding diaryl/α,β-unsaturated/α-hetero) is 1. The van der Waals surface area contributed by atoms with E-state index in [9.17, 15) is 4.79 Å². The lowest BCUT2D eigenvalue weighted by molar-refractivity contribution is 0.0965. The molecule has 14 heavy (non-hydrogen) atoms. The monoisotopic (exact) mass is 226 g/mol. The molecule has 74 valence electrons. The average Bonchev–Trinajstić information content (AvgIpc) is 3.00. The van der Waals surface area contributed by atoms with Gasteiger partial charge in [0.25, 0.3) is 0 Å². The molecule has 0 amide bonds. The molecule has 1 aliphatic rings.